The molecule has 1 rings (SSSR count). The topological polar surface area (TPSA) is 58.4 Å². The van der Waals surface area contributed by atoms with E-state index in [4.69, 9.17) is 5.73 Å². The van der Waals surface area contributed by atoms with Crippen molar-refractivity contribution in [1.29, 1.82) is 0 Å². The highest BCUT2D eigenvalue weighted by Crippen LogP contribution is 2.17. The predicted octanol–water partition coefficient (Wildman–Crippen LogP) is 3.08. The Kier molecular flexibility index (Phi) is 7.35. The van der Waals surface area contributed by atoms with E-state index in [0.717, 1.165) is 29.7 Å². The maximum Gasteiger partial charge on any atom is 0.238 e. The molecule has 0 spiro atoms. The van der Waals surface area contributed by atoms with E-state index in [1.807, 2.05) is 24.3 Å². The lowest BCUT2D eigenvalue weighted by Gasteiger charge is -2.31. The van der Waals surface area contributed by atoms with Gasteiger partial charge in [0, 0.05) is 16.7 Å². The van der Waals surface area contributed by atoms with Gasteiger partial charge < -0.3 is 11.1 Å². The molecule has 0 heterocycles. The fourth-order valence-corrected chi connectivity index (χ4v) is 2.57. The molecule has 3 N–H and O–H groups in total. The molecule has 0 saturated carbocycles. The molecule has 1 amide bonds. The van der Waals surface area contributed by atoms with Crippen LogP contribution in [0.1, 0.15) is 27.2 Å². The maximum atomic E-state index is 12.2. The van der Waals surface area contributed by atoms with Crippen molar-refractivity contribution in [3.63, 3.8) is 0 Å². The van der Waals surface area contributed by atoms with Gasteiger partial charge in [-0.3, -0.25) is 9.69 Å². The van der Waals surface area contributed by atoms with Crippen molar-refractivity contribution < 1.29 is 4.79 Å². The third-order valence-corrected chi connectivity index (χ3v) is 3.71. The number of nitrogens with two attached hydrogens (primary N) is 1. The van der Waals surface area contributed by atoms with Crippen LogP contribution in [0.15, 0.2) is 28.7 Å². The summed E-state index contributed by atoms with van der Waals surface area (Å²) in [6, 6.07) is 7.62. The minimum Gasteiger partial charge on any atom is -0.330 e. The van der Waals surface area contributed by atoms with Crippen molar-refractivity contribution in [2.24, 2.45) is 11.1 Å². The van der Waals surface area contributed by atoms with E-state index in [0.29, 0.717) is 13.1 Å². The molecule has 0 radical (unpaired) electrons. The van der Waals surface area contributed by atoms with Gasteiger partial charge in [-0.25, -0.2) is 0 Å². The summed E-state index contributed by atoms with van der Waals surface area (Å²) in [4.78, 5) is 14.4. The van der Waals surface area contributed by atoms with Crippen LogP contribution < -0.4 is 11.1 Å². The lowest BCUT2D eigenvalue weighted by Crippen LogP contribution is -2.42. The second kappa shape index (κ2) is 8.51. The zero-order chi connectivity index (χ0) is 15.9. The Hall–Kier alpha value is -0.910. The van der Waals surface area contributed by atoms with Crippen molar-refractivity contribution >= 4 is 27.5 Å². The van der Waals surface area contributed by atoms with Crippen LogP contribution in [0.2, 0.25) is 0 Å². The maximum absolute atomic E-state index is 12.2. The normalized spacial score (nSPS) is 11.7. The second-order valence-corrected chi connectivity index (χ2v) is 7.05. The van der Waals surface area contributed by atoms with Crippen LogP contribution >= 0.6 is 15.9 Å². The van der Waals surface area contributed by atoms with E-state index < -0.39 is 0 Å². The van der Waals surface area contributed by atoms with Crippen LogP contribution in [0.3, 0.4) is 0 Å². The molecule has 5 heteroatoms. The fraction of sp³-hybridized carbons (Fsp3) is 0.562. The molecule has 0 atom stereocenters. The van der Waals surface area contributed by atoms with Crippen molar-refractivity contribution in [1.82, 2.24) is 4.90 Å². The number of amides is 1. The molecule has 1 aromatic rings. The van der Waals surface area contributed by atoms with Gasteiger partial charge in [0.2, 0.25) is 5.91 Å². The smallest absolute Gasteiger partial charge is 0.238 e. The monoisotopic (exact) mass is 355 g/mol. The highest BCUT2D eigenvalue weighted by Gasteiger charge is 2.21. The number of nitrogens with one attached hydrogen (secondary N) is 1. The van der Waals surface area contributed by atoms with Crippen LogP contribution in [0.4, 0.5) is 5.69 Å². The van der Waals surface area contributed by atoms with Crippen LogP contribution in [0.25, 0.3) is 0 Å². The number of anilines is 1. The highest BCUT2D eigenvalue weighted by molar-refractivity contribution is 9.10. The van der Waals surface area contributed by atoms with E-state index in [2.05, 4.69) is 46.9 Å². The molecular weight excluding hydrogens is 330 g/mol. The summed E-state index contributed by atoms with van der Waals surface area (Å²) < 4.78 is 0.954. The molecule has 4 nitrogen and oxygen atoms in total. The number of hydrogen-bond donors (Lipinski definition) is 2. The molecule has 0 aliphatic carbocycles. The van der Waals surface area contributed by atoms with E-state index >= 15 is 0 Å². The number of nitrogens with zero attached hydrogens (tertiary/aromatic N) is 1. The van der Waals surface area contributed by atoms with E-state index in [9.17, 15) is 4.79 Å². The molecule has 118 valence electrons. The number of benzene rings is 1. The number of halogens is 1. The largest absolute Gasteiger partial charge is 0.330 e. The molecule has 0 aliphatic rings. The molecule has 0 fully saturated rings. The predicted molar refractivity (Wildman–Crippen MR) is 92.3 cm³/mol. The molecule has 0 bridgehead atoms. The minimum atomic E-state index is 0.00868. The molecule has 0 aliphatic heterocycles. The third kappa shape index (κ3) is 7.07. The van der Waals surface area contributed by atoms with Crippen LogP contribution in [0.5, 0.6) is 0 Å². The average Bonchev–Trinajstić information content (AvgIpc) is 2.38. The molecule has 1 aromatic carbocycles. The first-order valence-corrected chi connectivity index (χ1v) is 8.13. The van der Waals surface area contributed by atoms with Crippen molar-refractivity contribution in [3.05, 3.63) is 28.7 Å². The average molecular weight is 356 g/mol. The number of rotatable bonds is 8. The quantitative estimate of drug-likeness (QED) is 0.753. The minimum absolute atomic E-state index is 0.00868. The van der Waals surface area contributed by atoms with Gasteiger partial charge in [0.05, 0.1) is 6.54 Å². The molecule has 0 unspecified atom stereocenters. The van der Waals surface area contributed by atoms with Gasteiger partial charge in [-0.15, -0.1) is 0 Å². The Bertz CT molecular complexity index is 463. The molecule has 0 aromatic heterocycles. The van der Waals surface area contributed by atoms with Crippen molar-refractivity contribution in [2.45, 2.75) is 27.2 Å². The zero-order valence-electron chi connectivity index (χ0n) is 13.2. The standard InChI is InChI=1S/C16H26BrN3O/c1-4-8-20(12-16(2,3)11-18)10-15(21)19-14-7-5-6-13(17)9-14/h5-7,9H,4,8,10-12,18H2,1-3H3,(H,19,21). The van der Waals surface area contributed by atoms with Gasteiger partial charge in [0.15, 0.2) is 0 Å². The van der Waals surface area contributed by atoms with Gasteiger partial charge in [0.25, 0.3) is 0 Å². The molecular formula is C16H26BrN3O. The summed E-state index contributed by atoms with van der Waals surface area (Å²) in [5, 5.41) is 2.93. The Morgan fingerprint density at radius 2 is 2.14 bits per heavy atom. The highest BCUT2D eigenvalue weighted by atomic mass is 79.9. The SMILES string of the molecule is CCCN(CC(=O)Nc1cccc(Br)c1)CC(C)(C)CN. The Balaban J connectivity index is 2.60. The summed E-state index contributed by atoms with van der Waals surface area (Å²) in [5.41, 5.74) is 6.62. The second-order valence-electron chi connectivity index (χ2n) is 6.14. The third-order valence-electron chi connectivity index (χ3n) is 3.22. The fourth-order valence-electron chi connectivity index (χ4n) is 2.17. The lowest BCUT2D eigenvalue weighted by atomic mass is 9.93. The zero-order valence-corrected chi connectivity index (χ0v) is 14.7. The van der Waals surface area contributed by atoms with Gasteiger partial charge in [-0.2, -0.15) is 0 Å². The Morgan fingerprint density at radius 1 is 1.43 bits per heavy atom. The van der Waals surface area contributed by atoms with Crippen LogP contribution in [-0.2, 0) is 4.79 Å². The summed E-state index contributed by atoms with van der Waals surface area (Å²) >= 11 is 3.40. The first-order valence-electron chi connectivity index (χ1n) is 7.34. The van der Waals surface area contributed by atoms with Crippen LogP contribution in [0, 0.1) is 5.41 Å². The number of carbonyl (C=O) groups excluding carboxylic acids is 1. The summed E-state index contributed by atoms with van der Waals surface area (Å²) in [7, 11) is 0. The summed E-state index contributed by atoms with van der Waals surface area (Å²) in [6.45, 7) is 9.10. The van der Waals surface area contributed by atoms with Crippen molar-refractivity contribution in [3.8, 4) is 0 Å². The van der Waals surface area contributed by atoms with Gasteiger partial charge in [-0.05, 0) is 43.1 Å². The Labute approximate surface area is 136 Å². The van der Waals surface area contributed by atoms with Crippen LogP contribution in [-0.4, -0.2) is 37.0 Å². The summed E-state index contributed by atoms with van der Waals surface area (Å²) in [6.07, 6.45) is 1.02. The first-order chi connectivity index (χ1) is 9.86. The van der Waals surface area contributed by atoms with Crippen molar-refractivity contribution in [2.75, 3.05) is 31.5 Å². The van der Waals surface area contributed by atoms with Gasteiger partial charge in [-0.1, -0.05) is 42.8 Å². The molecule has 21 heavy (non-hydrogen) atoms. The number of hydrogen-bond acceptors (Lipinski definition) is 3. The van der Waals surface area contributed by atoms with E-state index in [1.165, 1.54) is 0 Å². The number of carbonyl (C=O) groups is 1. The molecule has 0 saturated heterocycles. The van der Waals surface area contributed by atoms with E-state index in [1.54, 1.807) is 0 Å². The van der Waals surface area contributed by atoms with E-state index in [-0.39, 0.29) is 11.3 Å². The first kappa shape index (κ1) is 18.1. The van der Waals surface area contributed by atoms with Gasteiger partial charge in [0.1, 0.15) is 0 Å². The lowest BCUT2D eigenvalue weighted by molar-refractivity contribution is -0.117. The summed E-state index contributed by atoms with van der Waals surface area (Å²) in [5.74, 6) is 0.00868. The van der Waals surface area contributed by atoms with Gasteiger partial charge >= 0.3 is 0 Å². The Morgan fingerprint density at radius 3 is 2.71 bits per heavy atom.